The van der Waals surface area contributed by atoms with Crippen LogP contribution in [0.25, 0.3) is 0 Å². The summed E-state index contributed by atoms with van der Waals surface area (Å²) in [5, 5.41) is 7.66. The number of hydrogen-bond donors (Lipinski definition) is 0. The van der Waals surface area contributed by atoms with E-state index in [0.717, 1.165) is 0 Å². The minimum atomic E-state index is -3.47. The molecule has 1 heterocycles. The van der Waals surface area contributed by atoms with Gasteiger partial charge in [0.25, 0.3) is 0 Å². The summed E-state index contributed by atoms with van der Waals surface area (Å²) in [4.78, 5) is 0. The van der Waals surface area contributed by atoms with Gasteiger partial charge in [-0.1, -0.05) is 0 Å². The lowest BCUT2D eigenvalue weighted by atomic mass is 10.1. The van der Waals surface area contributed by atoms with Crippen LogP contribution in [0.1, 0.15) is 19.8 Å². The fourth-order valence-electron chi connectivity index (χ4n) is 1.57. The minimum absolute atomic E-state index is 0.0282. The summed E-state index contributed by atoms with van der Waals surface area (Å²) in [6.45, 7) is 2.59. The van der Waals surface area contributed by atoms with Gasteiger partial charge in [0, 0.05) is 26.3 Å². The van der Waals surface area contributed by atoms with Crippen LogP contribution in [0.3, 0.4) is 0 Å². The number of sulfonamides is 1. The van der Waals surface area contributed by atoms with Crippen molar-refractivity contribution in [3.63, 3.8) is 0 Å². The van der Waals surface area contributed by atoms with E-state index in [2.05, 4.69) is 0 Å². The molecule has 0 N–H and O–H groups in total. The molecule has 86 valence electrons. The normalized spacial score (nSPS) is 21.2. The maximum absolute atomic E-state index is 11.8. The van der Waals surface area contributed by atoms with Gasteiger partial charge in [0.1, 0.15) is 0 Å². The summed E-state index contributed by atoms with van der Waals surface area (Å²) in [6.07, 6.45) is 1.40. The van der Waals surface area contributed by atoms with Gasteiger partial charge in [-0.25, -0.2) is 12.7 Å². The molecule has 0 bridgehead atoms. The van der Waals surface area contributed by atoms with Crippen molar-refractivity contribution in [3.05, 3.63) is 0 Å². The monoisotopic (exact) mass is 232 g/mol. The molecule has 0 aliphatic carbocycles. The van der Waals surface area contributed by atoms with Gasteiger partial charge in [0.2, 0.25) is 10.0 Å². The fourth-order valence-corrected chi connectivity index (χ4v) is 2.83. The van der Waals surface area contributed by atoms with Crippen LogP contribution in [0, 0.1) is 11.3 Å². The van der Waals surface area contributed by atoms with E-state index in [1.807, 2.05) is 0 Å². The highest BCUT2D eigenvalue weighted by molar-refractivity contribution is 7.89. The van der Waals surface area contributed by atoms with E-state index in [1.165, 1.54) is 11.2 Å². The van der Waals surface area contributed by atoms with Gasteiger partial charge in [-0.05, 0) is 19.8 Å². The average Bonchev–Trinajstić information content (AvgIpc) is 2.28. The summed E-state index contributed by atoms with van der Waals surface area (Å²) < 4.78 is 30.1. The smallest absolute Gasteiger partial charge is 0.230 e. The van der Waals surface area contributed by atoms with Crippen molar-refractivity contribution < 1.29 is 13.2 Å². The molecule has 0 spiro atoms. The lowest BCUT2D eigenvalue weighted by molar-refractivity contribution is 0.0631. The Balaban J connectivity index is 2.74. The van der Waals surface area contributed by atoms with Gasteiger partial charge in [0.15, 0.2) is 5.25 Å². The van der Waals surface area contributed by atoms with Gasteiger partial charge < -0.3 is 4.74 Å². The molecule has 1 saturated heterocycles. The molecule has 1 aliphatic rings. The molecule has 0 aromatic rings. The average molecular weight is 232 g/mol. The molecule has 1 unspecified atom stereocenters. The molecule has 0 saturated carbocycles. The van der Waals surface area contributed by atoms with Gasteiger partial charge in [-0.3, -0.25) is 0 Å². The number of rotatable bonds is 3. The summed E-state index contributed by atoms with van der Waals surface area (Å²) in [5.74, 6) is 0. The van der Waals surface area contributed by atoms with Gasteiger partial charge in [-0.15, -0.1) is 0 Å². The first-order valence-corrected chi connectivity index (χ1v) is 6.44. The van der Waals surface area contributed by atoms with Crippen molar-refractivity contribution in [1.82, 2.24) is 4.31 Å². The van der Waals surface area contributed by atoms with Crippen LogP contribution in [0.2, 0.25) is 0 Å². The lowest BCUT2D eigenvalue weighted by Gasteiger charge is -2.30. The number of nitriles is 1. The third-order valence-corrected chi connectivity index (χ3v) is 4.83. The van der Waals surface area contributed by atoms with Gasteiger partial charge in [-0.2, -0.15) is 5.26 Å². The predicted octanol–water partition coefficient (Wildman–Crippen LogP) is 0.339. The third-order valence-electron chi connectivity index (χ3n) is 2.74. The van der Waals surface area contributed by atoms with Crippen molar-refractivity contribution in [2.45, 2.75) is 31.1 Å². The van der Waals surface area contributed by atoms with Crippen LogP contribution in [0.5, 0.6) is 0 Å². The van der Waals surface area contributed by atoms with Crippen LogP contribution in [0.15, 0.2) is 0 Å². The molecule has 1 fully saturated rings. The highest BCUT2D eigenvalue weighted by Gasteiger charge is 2.32. The molecule has 1 rings (SSSR count). The largest absolute Gasteiger partial charge is 0.381 e. The van der Waals surface area contributed by atoms with E-state index in [-0.39, 0.29) is 6.04 Å². The van der Waals surface area contributed by atoms with E-state index < -0.39 is 15.3 Å². The van der Waals surface area contributed by atoms with E-state index in [9.17, 15) is 8.42 Å². The molecular formula is C9H16N2O3S. The second kappa shape index (κ2) is 4.92. The summed E-state index contributed by atoms with van der Waals surface area (Å²) in [6, 6.07) is 1.74. The maximum Gasteiger partial charge on any atom is 0.230 e. The van der Waals surface area contributed by atoms with Crippen LogP contribution >= 0.6 is 0 Å². The first kappa shape index (κ1) is 12.4. The molecule has 1 atom stereocenters. The van der Waals surface area contributed by atoms with Crippen LogP contribution in [-0.2, 0) is 14.8 Å². The van der Waals surface area contributed by atoms with Crippen LogP contribution < -0.4 is 0 Å². The van der Waals surface area contributed by atoms with Crippen LogP contribution in [0.4, 0.5) is 0 Å². The van der Waals surface area contributed by atoms with Gasteiger partial charge >= 0.3 is 0 Å². The molecule has 0 radical (unpaired) electrons. The lowest BCUT2D eigenvalue weighted by Crippen LogP contribution is -2.43. The van der Waals surface area contributed by atoms with Gasteiger partial charge in [0.05, 0.1) is 6.07 Å². The standard InChI is InChI=1S/C9H16N2O3S/c1-8(7-10)15(12,13)11(2)9-3-5-14-6-4-9/h8-9H,3-6H2,1-2H3. The Morgan fingerprint density at radius 2 is 2.00 bits per heavy atom. The molecule has 0 aromatic carbocycles. The molecule has 1 aliphatic heterocycles. The minimum Gasteiger partial charge on any atom is -0.381 e. The van der Waals surface area contributed by atoms with E-state index in [0.29, 0.717) is 26.1 Å². The summed E-state index contributed by atoms with van der Waals surface area (Å²) in [5.41, 5.74) is 0. The number of nitrogens with zero attached hydrogens (tertiary/aromatic N) is 2. The number of hydrogen-bond acceptors (Lipinski definition) is 4. The number of ether oxygens (including phenoxy) is 1. The van der Waals surface area contributed by atoms with E-state index >= 15 is 0 Å². The third kappa shape index (κ3) is 2.68. The Morgan fingerprint density at radius 1 is 1.47 bits per heavy atom. The fraction of sp³-hybridized carbons (Fsp3) is 0.889. The molecular weight excluding hydrogens is 216 g/mol. The van der Waals surface area contributed by atoms with Crippen molar-refractivity contribution in [3.8, 4) is 6.07 Å². The quantitative estimate of drug-likeness (QED) is 0.703. The second-order valence-corrected chi connectivity index (χ2v) is 5.99. The van der Waals surface area contributed by atoms with Crippen molar-refractivity contribution in [1.29, 1.82) is 5.26 Å². The van der Waals surface area contributed by atoms with E-state index in [4.69, 9.17) is 10.00 Å². The molecule has 6 heteroatoms. The Hall–Kier alpha value is -0.640. The zero-order valence-electron chi connectivity index (χ0n) is 9.01. The first-order valence-electron chi connectivity index (χ1n) is 4.94. The zero-order chi connectivity index (χ0) is 11.5. The van der Waals surface area contributed by atoms with E-state index in [1.54, 1.807) is 13.1 Å². The first-order chi connectivity index (χ1) is 7.00. The summed E-state index contributed by atoms with van der Waals surface area (Å²) in [7, 11) is -1.93. The van der Waals surface area contributed by atoms with Crippen molar-refractivity contribution in [2.75, 3.05) is 20.3 Å². The molecule has 0 aromatic heterocycles. The second-order valence-electron chi connectivity index (χ2n) is 3.68. The zero-order valence-corrected chi connectivity index (χ0v) is 9.83. The Bertz CT molecular complexity index is 341. The van der Waals surface area contributed by atoms with Crippen molar-refractivity contribution in [2.24, 2.45) is 0 Å². The highest BCUT2D eigenvalue weighted by atomic mass is 32.2. The molecule has 0 amide bonds. The topological polar surface area (TPSA) is 70.4 Å². The van der Waals surface area contributed by atoms with Crippen LogP contribution in [-0.4, -0.2) is 44.3 Å². The van der Waals surface area contributed by atoms with Crippen molar-refractivity contribution >= 4 is 10.0 Å². The Morgan fingerprint density at radius 3 is 2.47 bits per heavy atom. The maximum atomic E-state index is 11.8. The Labute approximate surface area is 90.7 Å². The molecule has 15 heavy (non-hydrogen) atoms. The summed E-state index contributed by atoms with van der Waals surface area (Å²) >= 11 is 0. The Kier molecular flexibility index (Phi) is 4.08. The molecule has 5 nitrogen and oxygen atoms in total. The highest BCUT2D eigenvalue weighted by Crippen LogP contribution is 2.18. The predicted molar refractivity (Wildman–Crippen MR) is 55.6 cm³/mol. The SMILES string of the molecule is CC(C#N)S(=O)(=O)N(C)C1CCOCC1.